The molecule has 0 atom stereocenters. The topological polar surface area (TPSA) is 65.5 Å². The molecule has 5 nitrogen and oxygen atoms in total. The molecule has 2 rings (SSSR count). The van der Waals surface area contributed by atoms with E-state index in [0.29, 0.717) is 16.5 Å². The molecule has 0 amide bonds. The molecular weight excluding hydrogens is 342 g/mol. The summed E-state index contributed by atoms with van der Waals surface area (Å²) in [5.41, 5.74) is 3.37. The molecule has 0 N–H and O–H groups in total. The molecule has 1 aromatic carbocycles. The first-order valence-corrected chi connectivity index (χ1v) is 8.86. The Labute approximate surface area is 159 Å². The predicted octanol–water partition coefficient (Wildman–Crippen LogP) is 4.87. The minimum absolute atomic E-state index is 0.0877. The highest BCUT2D eigenvalue weighted by molar-refractivity contribution is 6.05. The monoisotopic (exact) mass is 367 g/mol. The largest absolute Gasteiger partial charge is 0.465 e. The molecule has 0 aliphatic rings. The number of carbonyl (C=O) groups excluding carboxylic acids is 2. The van der Waals surface area contributed by atoms with Crippen LogP contribution in [0.2, 0.25) is 0 Å². The summed E-state index contributed by atoms with van der Waals surface area (Å²) in [5, 5.41) is 0.635. The molecule has 2 aromatic rings. The molecular formula is C22H25NO4. The summed E-state index contributed by atoms with van der Waals surface area (Å²) in [7, 11) is 1.30. The van der Waals surface area contributed by atoms with E-state index in [2.05, 4.69) is 24.9 Å². The first-order chi connectivity index (χ1) is 12.9. The number of carbonyl (C=O) groups is 2. The molecule has 5 heteroatoms. The van der Waals surface area contributed by atoms with Crippen molar-refractivity contribution < 1.29 is 19.1 Å². The number of fused-ring (bicyclic) bond motifs is 1. The maximum atomic E-state index is 12.4. The van der Waals surface area contributed by atoms with Gasteiger partial charge in [0.2, 0.25) is 0 Å². The molecule has 0 spiro atoms. The molecule has 27 heavy (non-hydrogen) atoms. The summed E-state index contributed by atoms with van der Waals surface area (Å²) in [5.74, 6) is -1.09. The van der Waals surface area contributed by atoms with E-state index in [0.717, 1.165) is 18.4 Å². The number of benzene rings is 1. The van der Waals surface area contributed by atoms with Gasteiger partial charge in [0, 0.05) is 5.39 Å². The molecule has 0 aliphatic heterocycles. The molecule has 0 bridgehead atoms. The predicted molar refractivity (Wildman–Crippen MR) is 106 cm³/mol. The van der Waals surface area contributed by atoms with Crippen LogP contribution in [0.4, 0.5) is 0 Å². The van der Waals surface area contributed by atoms with Gasteiger partial charge in [-0.15, -0.1) is 0 Å². The molecule has 0 saturated carbocycles. The summed E-state index contributed by atoms with van der Waals surface area (Å²) < 4.78 is 10.1. The third-order valence-electron chi connectivity index (χ3n) is 4.07. The van der Waals surface area contributed by atoms with Crippen molar-refractivity contribution in [3.05, 3.63) is 64.9 Å². The van der Waals surface area contributed by atoms with Gasteiger partial charge in [-0.2, -0.15) is 0 Å². The average Bonchev–Trinajstić information content (AvgIpc) is 2.66. The van der Waals surface area contributed by atoms with Crippen molar-refractivity contribution in [3.8, 4) is 0 Å². The summed E-state index contributed by atoms with van der Waals surface area (Å²) >= 11 is 0. The van der Waals surface area contributed by atoms with Crippen molar-refractivity contribution in [1.29, 1.82) is 0 Å². The Kier molecular flexibility index (Phi) is 7.29. The Morgan fingerprint density at radius 3 is 2.52 bits per heavy atom. The molecule has 0 saturated heterocycles. The minimum Gasteiger partial charge on any atom is -0.465 e. The van der Waals surface area contributed by atoms with E-state index in [9.17, 15) is 9.59 Å². The van der Waals surface area contributed by atoms with Gasteiger partial charge in [-0.1, -0.05) is 35.4 Å². The van der Waals surface area contributed by atoms with Crippen LogP contribution in [-0.4, -0.2) is 30.6 Å². The quantitative estimate of drug-likeness (QED) is 0.516. The number of ether oxygens (including phenoxy) is 2. The Balaban J connectivity index is 2.11. The smallest absolute Gasteiger partial charge is 0.357 e. The zero-order valence-corrected chi connectivity index (χ0v) is 16.2. The second-order valence-corrected chi connectivity index (χ2v) is 6.53. The Morgan fingerprint density at radius 1 is 1.07 bits per heavy atom. The van der Waals surface area contributed by atoms with E-state index in [1.54, 1.807) is 24.3 Å². The summed E-state index contributed by atoms with van der Waals surface area (Å²) in [6.45, 7) is 6.32. The maximum Gasteiger partial charge on any atom is 0.357 e. The number of hydrogen-bond donors (Lipinski definition) is 0. The number of para-hydroxylation sites is 1. The van der Waals surface area contributed by atoms with Crippen LogP contribution in [0.5, 0.6) is 0 Å². The van der Waals surface area contributed by atoms with Gasteiger partial charge < -0.3 is 9.47 Å². The summed E-state index contributed by atoms with van der Waals surface area (Å²) in [4.78, 5) is 28.7. The van der Waals surface area contributed by atoms with E-state index in [4.69, 9.17) is 9.47 Å². The molecule has 0 radical (unpaired) electrons. The van der Waals surface area contributed by atoms with Crippen LogP contribution in [0.3, 0.4) is 0 Å². The van der Waals surface area contributed by atoms with Crippen molar-refractivity contribution >= 4 is 22.8 Å². The van der Waals surface area contributed by atoms with Crippen LogP contribution in [0.1, 0.15) is 54.5 Å². The summed E-state index contributed by atoms with van der Waals surface area (Å²) in [6, 6.07) is 8.53. The van der Waals surface area contributed by atoms with Crippen LogP contribution >= 0.6 is 0 Å². The zero-order chi connectivity index (χ0) is 19.8. The minimum atomic E-state index is -0.570. The number of esters is 2. The van der Waals surface area contributed by atoms with Gasteiger partial charge in [-0.05, 0) is 51.8 Å². The van der Waals surface area contributed by atoms with Gasteiger partial charge in [-0.25, -0.2) is 14.6 Å². The lowest BCUT2D eigenvalue weighted by molar-refractivity contribution is 0.0542. The molecule has 1 aromatic heterocycles. The Morgan fingerprint density at radius 2 is 1.81 bits per heavy atom. The van der Waals surface area contributed by atoms with Crippen molar-refractivity contribution in [2.24, 2.45) is 0 Å². The number of hydrogen-bond acceptors (Lipinski definition) is 5. The van der Waals surface area contributed by atoms with Crippen molar-refractivity contribution in [1.82, 2.24) is 4.98 Å². The Hall–Kier alpha value is -2.95. The highest BCUT2D eigenvalue weighted by Crippen LogP contribution is 2.20. The van der Waals surface area contributed by atoms with Gasteiger partial charge >= 0.3 is 11.9 Å². The van der Waals surface area contributed by atoms with E-state index >= 15 is 0 Å². The number of aromatic nitrogens is 1. The standard InChI is InChI=1S/C22H25NO4/c1-15(2)8-7-9-16(3)12-13-27-22(25)20-14-18(21(24)26-4)17-10-5-6-11-19(17)23-20/h5-6,8,10-12,14H,7,9,13H2,1-4H3/b16-12+. The van der Waals surface area contributed by atoms with Gasteiger partial charge in [0.1, 0.15) is 12.3 Å². The third-order valence-corrected chi connectivity index (χ3v) is 4.07. The lowest BCUT2D eigenvalue weighted by Crippen LogP contribution is -2.11. The number of methoxy groups -OCH3 is 1. The fourth-order valence-electron chi connectivity index (χ4n) is 2.58. The van der Waals surface area contributed by atoms with Crippen molar-refractivity contribution in [2.75, 3.05) is 13.7 Å². The van der Waals surface area contributed by atoms with Crippen LogP contribution in [0, 0.1) is 0 Å². The van der Waals surface area contributed by atoms with Gasteiger partial charge in [0.25, 0.3) is 0 Å². The van der Waals surface area contributed by atoms with Crippen molar-refractivity contribution in [3.63, 3.8) is 0 Å². The normalized spacial score (nSPS) is 11.2. The second kappa shape index (κ2) is 9.67. The molecule has 0 aliphatic carbocycles. The average molecular weight is 367 g/mol. The number of rotatable bonds is 7. The van der Waals surface area contributed by atoms with Gasteiger partial charge in [-0.3, -0.25) is 0 Å². The van der Waals surface area contributed by atoms with Crippen molar-refractivity contribution in [2.45, 2.75) is 33.6 Å². The highest BCUT2D eigenvalue weighted by Gasteiger charge is 2.17. The van der Waals surface area contributed by atoms with E-state index < -0.39 is 11.9 Å². The van der Waals surface area contributed by atoms with Crippen LogP contribution in [0.25, 0.3) is 10.9 Å². The maximum absolute atomic E-state index is 12.4. The molecule has 1 heterocycles. The molecule has 0 unspecified atom stereocenters. The van der Waals surface area contributed by atoms with E-state index in [1.807, 2.05) is 13.0 Å². The molecule has 0 fully saturated rings. The van der Waals surface area contributed by atoms with E-state index in [1.165, 1.54) is 18.7 Å². The zero-order valence-electron chi connectivity index (χ0n) is 16.2. The first kappa shape index (κ1) is 20.4. The Bertz CT molecular complexity index is 892. The number of pyridine rings is 1. The SMILES string of the molecule is COC(=O)c1cc(C(=O)OC/C=C(\C)CCC=C(C)C)nc2ccccc12. The fourth-order valence-corrected chi connectivity index (χ4v) is 2.58. The van der Waals surface area contributed by atoms with Crippen LogP contribution in [0.15, 0.2) is 53.6 Å². The second-order valence-electron chi connectivity index (χ2n) is 6.53. The third kappa shape index (κ3) is 5.78. The number of allylic oxidation sites excluding steroid dienone is 3. The lowest BCUT2D eigenvalue weighted by atomic mass is 10.1. The highest BCUT2D eigenvalue weighted by atomic mass is 16.5. The van der Waals surface area contributed by atoms with Crippen LogP contribution in [-0.2, 0) is 9.47 Å². The van der Waals surface area contributed by atoms with Crippen LogP contribution < -0.4 is 0 Å². The number of nitrogens with zero attached hydrogens (tertiary/aromatic N) is 1. The lowest BCUT2D eigenvalue weighted by Gasteiger charge is -2.08. The van der Waals surface area contributed by atoms with E-state index in [-0.39, 0.29) is 12.3 Å². The summed E-state index contributed by atoms with van der Waals surface area (Å²) in [6.07, 6.45) is 5.95. The van der Waals surface area contributed by atoms with Gasteiger partial charge in [0.05, 0.1) is 18.2 Å². The molecule has 142 valence electrons. The van der Waals surface area contributed by atoms with Gasteiger partial charge in [0.15, 0.2) is 0 Å². The fraction of sp³-hybridized carbons (Fsp3) is 0.318. The first-order valence-electron chi connectivity index (χ1n) is 8.86.